The van der Waals surface area contributed by atoms with E-state index in [4.69, 9.17) is 5.73 Å². The minimum absolute atomic E-state index is 0.507. The molecule has 4 N–H and O–H groups in total. The summed E-state index contributed by atoms with van der Waals surface area (Å²) in [6.45, 7) is 4.39. The Kier molecular flexibility index (Phi) is 5.30. The molecule has 0 aliphatic carbocycles. The molecule has 1 atom stereocenters. The lowest BCUT2D eigenvalue weighted by Crippen LogP contribution is -2.20. The molecule has 1 unspecified atom stereocenters. The van der Waals surface area contributed by atoms with Gasteiger partial charge >= 0.3 is 0 Å². The summed E-state index contributed by atoms with van der Waals surface area (Å²) in [4.78, 5) is 5.79. The topological polar surface area (TPSA) is 97.0 Å². The van der Waals surface area contributed by atoms with Gasteiger partial charge in [-0.05, 0) is 35.9 Å². The van der Waals surface area contributed by atoms with E-state index in [1.54, 1.807) is 0 Å². The van der Waals surface area contributed by atoms with E-state index in [-0.39, 0.29) is 0 Å². The molecule has 0 amide bonds. The van der Waals surface area contributed by atoms with Gasteiger partial charge in [-0.2, -0.15) is 5.10 Å². The number of aliphatic hydroxyl groups excluding tert-OH is 1. The van der Waals surface area contributed by atoms with Crippen LogP contribution in [0.1, 0.15) is 27.9 Å². The van der Waals surface area contributed by atoms with Gasteiger partial charge in [0, 0.05) is 35.3 Å². The molecule has 3 heterocycles. The Morgan fingerprint density at radius 1 is 1.03 bits per heavy atom. The molecule has 5 rings (SSSR count). The molecule has 0 radical (unpaired) electrons. The first-order valence-corrected chi connectivity index (χ1v) is 11.2. The molecule has 3 aromatic heterocycles. The Labute approximate surface area is 189 Å². The number of benzene rings is 2. The lowest BCUT2D eigenvalue weighted by molar-refractivity contribution is 0.141. The van der Waals surface area contributed by atoms with E-state index in [9.17, 15) is 5.11 Å². The minimum Gasteiger partial charge on any atom is -0.397 e. The number of aryl methyl sites for hydroxylation is 2. The summed E-state index contributed by atoms with van der Waals surface area (Å²) in [6, 6.07) is 16.5. The molecule has 7 heteroatoms. The van der Waals surface area contributed by atoms with Crippen LogP contribution in [0.15, 0.2) is 60.9 Å². The van der Waals surface area contributed by atoms with Crippen LogP contribution in [0.5, 0.6) is 0 Å². The lowest BCUT2D eigenvalue weighted by Gasteiger charge is -2.13. The van der Waals surface area contributed by atoms with Crippen LogP contribution in [0.2, 0.25) is 0 Å². The number of rotatable bonds is 5. The van der Waals surface area contributed by atoms with E-state index in [0.717, 1.165) is 43.6 Å². The van der Waals surface area contributed by atoms with Crippen molar-refractivity contribution < 1.29 is 5.11 Å². The summed E-state index contributed by atoms with van der Waals surface area (Å²) in [5, 5.41) is 25.5. The summed E-state index contributed by atoms with van der Waals surface area (Å²) in [5.74, 6) is 0. The Balaban J connectivity index is 1.34. The van der Waals surface area contributed by atoms with Gasteiger partial charge < -0.3 is 10.8 Å². The van der Waals surface area contributed by atoms with Crippen molar-refractivity contribution in [3.8, 4) is 11.1 Å². The van der Waals surface area contributed by atoms with Crippen molar-refractivity contribution >= 4 is 38.0 Å². The Bertz CT molecular complexity index is 1420. The zero-order valence-corrected chi connectivity index (χ0v) is 18.6. The molecule has 6 nitrogen and oxygen atoms in total. The maximum atomic E-state index is 10.7. The van der Waals surface area contributed by atoms with E-state index in [1.165, 1.54) is 16.7 Å². The average molecular weight is 442 g/mol. The third-order valence-electron chi connectivity index (χ3n) is 5.84. The van der Waals surface area contributed by atoms with Crippen LogP contribution < -0.4 is 11.1 Å². The fraction of sp³-hybridized carbons (Fsp3) is 0.160. The minimum atomic E-state index is -0.879. The van der Waals surface area contributed by atoms with E-state index in [1.807, 2.05) is 38.4 Å². The number of hydrogen-bond acceptors (Lipinski definition) is 7. The lowest BCUT2D eigenvalue weighted by atomic mass is 10.00. The fourth-order valence-corrected chi connectivity index (χ4v) is 4.98. The second-order valence-electron chi connectivity index (χ2n) is 7.86. The predicted octanol–water partition coefficient (Wildman–Crippen LogP) is 4.89. The number of aromatic nitrogens is 3. The van der Waals surface area contributed by atoms with Crippen molar-refractivity contribution in [1.29, 1.82) is 0 Å². The van der Waals surface area contributed by atoms with Gasteiger partial charge in [0.1, 0.15) is 11.1 Å². The molecular formula is C25H23N5OS. The van der Waals surface area contributed by atoms with E-state index in [0.29, 0.717) is 17.1 Å². The molecule has 0 bridgehead atoms. The first-order chi connectivity index (χ1) is 15.5. The normalized spacial score (nSPS) is 12.5. The number of nitrogen functional groups attached to an aromatic ring is 1. The third-order valence-corrected chi connectivity index (χ3v) is 6.99. The summed E-state index contributed by atoms with van der Waals surface area (Å²) >= 11 is 1.37. The molecule has 0 spiro atoms. The SMILES string of the molecule is Cc1nnc2sc(C(O)NCc3ccc(-c4cncc5ccccc45)cc3)c(N)c2c1C. The van der Waals surface area contributed by atoms with Crippen molar-refractivity contribution in [2.75, 3.05) is 5.73 Å². The van der Waals surface area contributed by atoms with E-state index >= 15 is 0 Å². The maximum Gasteiger partial charge on any atom is 0.148 e. The smallest absolute Gasteiger partial charge is 0.148 e. The number of aliphatic hydroxyl groups is 1. The second kappa shape index (κ2) is 8.27. The highest BCUT2D eigenvalue weighted by Gasteiger charge is 2.20. The molecule has 32 heavy (non-hydrogen) atoms. The summed E-state index contributed by atoms with van der Waals surface area (Å²) in [5.41, 5.74) is 12.0. The standard InChI is InChI=1S/C25H23N5OS/c1-14-15(2)29-30-25-21(14)22(26)23(32-25)24(31)28-11-16-7-9-17(10-8-16)20-13-27-12-18-5-3-4-6-19(18)20/h3-10,12-13,24,28,31H,11,26H2,1-2H3. The number of pyridine rings is 1. The number of nitrogens with one attached hydrogen (secondary N) is 1. The highest BCUT2D eigenvalue weighted by molar-refractivity contribution is 7.19. The zero-order valence-electron chi connectivity index (χ0n) is 17.8. The van der Waals surface area contributed by atoms with Crippen LogP contribution in [-0.2, 0) is 6.54 Å². The third kappa shape index (κ3) is 3.60. The molecule has 2 aromatic carbocycles. The average Bonchev–Trinajstić information content (AvgIpc) is 3.17. The van der Waals surface area contributed by atoms with E-state index < -0.39 is 6.23 Å². The van der Waals surface area contributed by atoms with Crippen LogP contribution in [-0.4, -0.2) is 20.3 Å². The van der Waals surface area contributed by atoms with Crippen LogP contribution in [0, 0.1) is 13.8 Å². The van der Waals surface area contributed by atoms with Crippen molar-refractivity contribution in [3.63, 3.8) is 0 Å². The zero-order chi connectivity index (χ0) is 22.2. The van der Waals surface area contributed by atoms with Gasteiger partial charge in [-0.25, -0.2) is 0 Å². The van der Waals surface area contributed by atoms with Crippen molar-refractivity contribution in [2.24, 2.45) is 0 Å². The van der Waals surface area contributed by atoms with Gasteiger partial charge in [0.05, 0.1) is 16.3 Å². The Hall–Kier alpha value is -3.39. The number of hydrogen-bond donors (Lipinski definition) is 3. The summed E-state index contributed by atoms with van der Waals surface area (Å²) in [7, 11) is 0. The largest absolute Gasteiger partial charge is 0.397 e. The first kappa shape index (κ1) is 20.5. The van der Waals surface area contributed by atoms with Gasteiger partial charge in [-0.15, -0.1) is 16.4 Å². The Morgan fingerprint density at radius 2 is 1.81 bits per heavy atom. The molecule has 160 valence electrons. The highest BCUT2D eigenvalue weighted by Crippen LogP contribution is 2.37. The van der Waals surface area contributed by atoms with Crippen molar-refractivity contribution in [1.82, 2.24) is 20.5 Å². The van der Waals surface area contributed by atoms with Crippen LogP contribution in [0.4, 0.5) is 5.69 Å². The van der Waals surface area contributed by atoms with Crippen LogP contribution in [0.3, 0.4) is 0 Å². The quantitative estimate of drug-likeness (QED) is 0.336. The molecule has 0 aliphatic rings. The maximum absolute atomic E-state index is 10.7. The van der Waals surface area contributed by atoms with Gasteiger partial charge in [0.2, 0.25) is 0 Å². The number of nitrogens with two attached hydrogens (primary N) is 1. The molecule has 0 aliphatic heterocycles. The first-order valence-electron chi connectivity index (χ1n) is 10.4. The van der Waals surface area contributed by atoms with Gasteiger partial charge in [-0.3, -0.25) is 10.3 Å². The fourth-order valence-electron chi connectivity index (χ4n) is 3.92. The molecule has 0 saturated heterocycles. The van der Waals surface area contributed by atoms with Crippen molar-refractivity contribution in [3.05, 3.63) is 82.6 Å². The monoisotopic (exact) mass is 441 g/mol. The number of thiophene rings is 1. The predicted molar refractivity (Wildman–Crippen MR) is 130 cm³/mol. The number of anilines is 1. The molecule has 0 saturated carbocycles. The number of nitrogens with zero attached hydrogens (tertiary/aromatic N) is 3. The van der Waals surface area contributed by atoms with Gasteiger partial charge in [0.25, 0.3) is 0 Å². The highest BCUT2D eigenvalue weighted by atomic mass is 32.1. The number of fused-ring (bicyclic) bond motifs is 2. The molecule has 0 fully saturated rings. The van der Waals surface area contributed by atoms with Crippen molar-refractivity contribution in [2.45, 2.75) is 26.6 Å². The summed E-state index contributed by atoms with van der Waals surface area (Å²) < 4.78 is 0. The second-order valence-corrected chi connectivity index (χ2v) is 8.89. The molecule has 5 aromatic rings. The Morgan fingerprint density at radius 3 is 2.62 bits per heavy atom. The van der Waals surface area contributed by atoms with Crippen LogP contribution in [0.25, 0.3) is 32.1 Å². The summed E-state index contributed by atoms with van der Waals surface area (Å²) in [6.07, 6.45) is 2.90. The molecular weight excluding hydrogens is 418 g/mol. The van der Waals surface area contributed by atoms with Crippen LogP contribution >= 0.6 is 11.3 Å². The van der Waals surface area contributed by atoms with Gasteiger partial charge in [-0.1, -0.05) is 48.5 Å². The van der Waals surface area contributed by atoms with E-state index in [2.05, 4.69) is 56.9 Å². The van der Waals surface area contributed by atoms with Gasteiger partial charge in [0.15, 0.2) is 0 Å².